The van der Waals surface area contributed by atoms with Crippen molar-refractivity contribution in [3.8, 4) is 0 Å². The predicted octanol–water partition coefficient (Wildman–Crippen LogP) is 5.87. The third-order valence-electron chi connectivity index (χ3n) is 3.46. The Kier molecular flexibility index (Phi) is 14.5. The lowest BCUT2D eigenvalue weighted by Crippen LogP contribution is -1.97. The van der Waals surface area contributed by atoms with Gasteiger partial charge in [0.15, 0.2) is 0 Å². The second kappa shape index (κ2) is 14.7. The summed E-state index contributed by atoms with van der Waals surface area (Å²) >= 11 is 0. The minimum absolute atomic E-state index is 0.341. The number of carbonyl (C=O) groups excluding carboxylic acids is 1. The molecule has 1 nitrogen and oxygen atoms in total. The van der Waals surface area contributed by atoms with E-state index in [-0.39, 0.29) is 0 Å². The molecule has 0 atom stereocenters. The fraction of sp³-hybridized carbons (Fsp3) is 0.882. The minimum Gasteiger partial charge on any atom is -0.299 e. The average molecular weight is 253 g/mol. The summed E-state index contributed by atoms with van der Waals surface area (Å²) in [5, 5.41) is 0. The van der Waals surface area contributed by atoms with Gasteiger partial charge >= 0.3 is 0 Å². The Morgan fingerprint density at radius 2 is 1.17 bits per heavy atom. The summed E-state index contributed by atoms with van der Waals surface area (Å²) < 4.78 is 0. The molecule has 0 saturated carbocycles. The minimum atomic E-state index is 0.341. The van der Waals surface area contributed by atoms with E-state index in [2.05, 4.69) is 6.92 Å². The molecular formula is C17H33O. The summed E-state index contributed by atoms with van der Waals surface area (Å²) in [7, 11) is 0. The van der Waals surface area contributed by atoms with Crippen LogP contribution in [0.2, 0.25) is 0 Å². The Hall–Kier alpha value is -0.330. The summed E-state index contributed by atoms with van der Waals surface area (Å²) in [5.41, 5.74) is 0. The molecule has 0 spiro atoms. The summed E-state index contributed by atoms with van der Waals surface area (Å²) in [4.78, 5) is 11.2. The van der Waals surface area contributed by atoms with Crippen molar-refractivity contribution in [1.82, 2.24) is 0 Å². The maximum absolute atomic E-state index is 11.2. The Labute approximate surface area is 115 Å². The van der Waals surface area contributed by atoms with Gasteiger partial charge in [0.25, 0.3) is 0 Å². The van der Waals surface area contributed by atoms with Crippen LogP contribution in [0.3, 0.4) is 0 Å². The van der Waals surface area contributed by atoms with Crippen molar-refractivity contribution in [3.05, 3.63) is 6.42 Å². The molecule has 0 fully saturated rings. The van der Waals surface area contributed by atoms with Gasteiger partial charge in [-0.25, -0.2) is 0 Å². The van der Waals surface area contributed by atoms with Crippen LogP contribution in [0.15, 0.2) is 0 Å². The molecule has 0 aliphatic carbocycles. The van der Waals surface area contributed by atoms with Crippen LogP contribution >= 0.6 is 0 Å². The number of hydrogen-bond donors (Lipinski definition) is 0. The van der Waals surface area contributed by atoms with E-state index < -0.39 is 0 Å². The number of ketones is 1. The number of rotatable bonds is 14. The molecule has 0 aliphatic heterocycles. The van der Waals surface area contributed by atoms with Gasteiger partial charge in [0.2, 0.25) is 0 Å². The first-order chi connectivity index (χ1) is 8.81. The Morgan fingerprint density at radius 1 is 0.722 bits per heavy atom. The third kappa shape index (κ3) is 13.7. The monoisotopic (exact) mass is 253 g/mol. The summed E-state index contributed by atoms with van der Waals surface area (Å²) in [6, 6.07) is 0. The molecule has 107 valence electrons. The molecule has 0 aromatic carbocycles. The summed E-state index contributed by atoms with van der Waals surface area (Å²) in [6.45, 7) is 4.29. The zero-order chi connectivity index (χ0) is 13.5. The molecular weight excluding hydrogens is 220 g/mol. The lowest BCUT2D eigenvalue weighted by molar-refractivity contribution is -0.116. The fourth-order valence-electron chi connectivity index (χ4n) is 2.29. The fourth-order valence-corrected chi connectivity index (χ4v) is 2.29. The van der Waals surface area contributed by atoms with Crippen LogP contribution in [0.4, 0.5) is 0 Å². The number of carbonyl (C=O) groups is 1. The molecule has 1 radical (unpaired) electrons. The third-order valence-corrected chi connectivity index (χ3v) is 3.46. The van der Waals surface area contributed by atoms with Crippen molar-refractivity contribution in [1.29, 1.82) is 0 Å². The first kappa shape index (κ1) is 17.7. The van der Waals surface area contributed by atoms with Crippen LogP contribution in [0.1, 0.15) is 97.3 Å². The van der Waals surface area contributed by atoms with Crippen molar-refractivity contribution in [2.75, 3.05) is 0 Å². The van der Waals surface area contributed by atoms with Gasteiger partial charge in [0.05, 0.1) is 0 Å². The summed E-state index contributed by atoms with van der Waals surface area (Å²) in [6.07, 6.45) is 18.3. The molecule has 0 bridgehead atoms. The normalized spacial score (nSPS) is 10.8. The lowest BCUT2D eigenvalue weighted by atomic mass is 10.0. The number of unbranched alkanes of at least 4 members (excludes halogenated alkanes) is 10. The molecule has 0 saturated heterocycles. The topological polar surface area (TPSA) is 17.1 Å². The molecule has 0 heterocycles. The van der Waals surface area contributed by atoms with Crippen molar-refractivity contribution < 1.29 is 4.79 Å². The van der Waals surface area contributed by atoms with Crippen LogP contribution in [-0.2, 0) is 4.79 Å². The van der Waals surface area contributed by atoms with Gasteiger partial charge in [0.1, 0.15) is 5.78 Å². The second-order valence-electron chi connectivity index (χ2n) is 5.36. The lowest BCUT2D eigenvalue weighted by Gasteiger charge is -2.02. The quantitative estimate of drug-likeness (QED) is 0.354. The van der Waals surface area contributed by atoms with Crippen LogP contribution in [0.25, 0.3) is 0 Å². The van der Waals surface area contributed by atoms with Crippen molar-refractivity contribution in [2.45, 2.75) is 97.3 Å². The Balaban J connectivity index is 3.01. The van der Waals surface area contributed by atoms with E-state index in [4.69, 9.17) is 0 Å². The summed E-state index contributed by atoms with van der Waals surface area (Å²) in [5.74, 6) is 0.341. The number of Topliss-reactive ketones (excluding diaryl/α,β-unsaturated/α-hetero) is 1. The van der Waals surface area contributed by atoms with Crippen molar-refractivity contribution in [2.24, 2.45) is 0 Å². The maximum Gasteiger partial charge on any atom is 0.136 e. The molecule has 0 aliphatic rings. The highest BCUT2D eigenvalue weighted by Crippen LogP contribution is 2.12. The largest absolute Gasteiger partial charge is 0.299 e. The van der Waals surface area contributed by atoms with Crippen LogP contribution in [0, 0.1) is 6.42 Å². The molecule has 0 aromatic rings. The SMILES string of the molecule is CC[CH]C(=O)CCCCCCCCCCCCC. The van der Waals surface area contributed by atoms with E-state index >= 15 is 0 Å². The molecule has 0 N–H and O–H groups in total. The smallest absolute Gasteiger partial charge is 0.136 e. The zero-order valence-corrected chi connectivity index (χ0v) is 12.7. The molecule has 18 heavy (non-hydrogen) atoms. The predicted molar refractivity (Wildman–Crippen MR) is 80.7 cm³/mol. The van der Waals surface area contributed by atoms with E-state index in [1.54, 1.807) is 0 Å². The molecule has 0 rings (SSSR count). The highest BCUT2D eigenvalue weighted by Gasteiger charge is 1.99. The standard InChI is InChI=1S/C17H33O/c1-3-5-6-7-8-9-10-11-12-13-14-16-17(18)15-4-2/h15H,3-14,16H2,1-2H3. The molecule has 1 heteroatoms. The second-order valence-corrected chi connectivity index (χ2v) is 5.36. The van der Waals surface area contributed by atoms with Crippen LogP contribution < -0.4 is 0 Å². The van der Waals surface area contributed by atoms with E-state index in [0.29, 0.717) is 5.78 Å². The van der Waals surface area contributed by atoms with Gasteiger partial charge in [-0.15, -0.1) is 0 Å². The molecule has 0 unspecified atom stereocenters. The van der Waals surface area contributed by atoms with E-state index in [1.807, 2.05) is 13.3 Å². The zero-order valence-electron chi connectivity index (χ0n) is 12.7. The van der Waals surface area contributed by atoms with Gasteiger partial charge in [-0.05, 0) is 12.8 Å². The first-order valence-electron chi connectivity index (χ1n) is 8.17. The number of hydrogen-bond acceptors (Lipinski definition) is 1. The van der Waals surface area contributed by atoms with Crippen molar-refractivity contribution >= 4 is 5.78 Å². The van der Waals surface area contributed by atoms with E-state index in [9.17, 15) is 4.79 Å². The first-order valence-corrected chi connectivity index (χ1v) is 8.17. The van der Waals surface area contributed by atoms with Crippen molar-refractivity contribution in [3.63, 3.8) is 0 Å². The molecule has 0 aromatic heterocycles. The van der Waals surface area contributed by atoms with Crippen LogP contribution in [0.5, 0.6) is 0 Å². The van der Waals surface area contributed by atoms with Gasteiger partial charge in [0, 0.05) is 12.8 Å². The maximum atomic E-state index is 11.2. The Bertz CT molecular complexity index is 174. The highest BCUT2D eigenvalue weighted by molar-refractivity contribution is 5.86. The average Bonchev–Trinajstić information content (AvgIpc) is 2.36. The van der Waals surface area contributed by atoms with Crippen LogP contribution in [-0.4, -0.2) is 5.78 Å². The Morgan fingerprint density at radius 3 is 1.61 bits per heavy atom. The highest BCUT2D eigenvalue weighted by atomic mass is 16.1. The van der Waals surface area contributed by atoms with E-state index in [1.165, 1.54) is 64.2 Å². The van der Waals surface area contributed by atoms with Gasteiger partial charge in [-0.3, -0.25) is 4.79 Å². The van der Waals surface area contributed by atoms with E-state index in [0.717, 1.165) is 19.3 Å². The van der Waals surface area contributed by atoms with Gasteiger partial charge < -0.3 is 0 Å². The van der Waals surface area contributed by atoms with Gasteiger partial charge in [-0.2, -0.15) is 0 Å². The van der Waals surface area contributed by atoms with Gasteiger partial charge in [-0.1, -0.05) is 78.1 Å². The molecule has 0 amide bonds.